The maximum atomic E-state index is 12.4. The van der Waals surface area contributed by atoms with E-state index in [4.69, 9.17) is 27.9 Å². The van der Waals surface area contributed by atoms with Gasteiger partial charge in [0.25, 0.3) is 0 Å². The molecule has 0 unspecified atom stereocenters. The molecule has 0 aromatic heterocycles. The zero-order valence-electron chi connectivity index (χ0n) is 14.2. The number of aliphatic hydroxyl groups excluding tert-OH is 1. The molecule has 4 nitrogen and oxygen atoms in total. The Balaban J connectivity index is 1.76. The molecule has 0 atom stereocenters. The molecule has 1 N–H and O–H groups in total. The highest BCUT2D eigenvalue weighted by atomic mass is 35.5. The lowest BCUT2D eigenvalue weighted by atomic mass is 9.80. The maximum absolute atomic E-state index is 12.4. The Morgan fingerprint density at radius 3 is 2.67 bits per heavy atom. The quantitative estimate of drug-likeness (QED) is 0.755. The van der Waals surface area contributed by atoms with Crippen LogP contribution in [0.5, 0.6) is 5.75 Å². The van der Waals surface area contributed by atoms with Gasteiger partial charge in [-0.25, -0.2) is 0 Å². The lowest BCUT2D eigenvalue weighted by Crippen LogP contribution is -2.50. The van der Waals surface area contributed by atoms with Crippen LogP contribution in [0.15, 0.2) is 18.2 Å². The van der Waals surface area contributed by atoms with Crippen LogP contribution in [0, 0.1) is 0 Å². The highest BCUT2D eigenvalue weighted by molar-refractivity contribution is 6.35. The third-order valence-electron chi connectivity index (χ3n) is 4.90. The molecule has 1 aromatic carbocycles. The fourth-order valence-corrected chi connectivity index (χ4v) is 3.49. The summed E-state index contributed by atoms with van der Waals surface area (Å²) in [6, 6.07) is 5.09. The third kappa shape index (κ3) is 5.01. The Morgan fingerprint density at radius 1 is 1.38 bits per heavy atom. The predicted molar refractivity (Wildman–Crippen MR) is 96.8 cm³/mol. The Morgan fingerprint density at radius 2 is 2.04 bits per heavy atom. The number of nitrogens with zero attached hydrogens (tertiary/aromatic N) is 1. The van der Waals surface area contributed by atoms with Crippen molar-refractivity contribution >= 4 is 29.1 Å². The Kier molecular flexibility index (Phi) is 6.79. The van der Waals surface area contributed by atoms with E-state index < -0.39 is 0 Å². The summed E-state index contributed by atoms with van der Waals surface area (Å²) in [5.41, 5.74) is -0.156. The number of aliphatic hydroxyl groups is 1. The fraction of sp³-hybridized carbons (Fsp3) is 0.611. The van der Waals surface area contributed by atoms with Gasteiger partial charge in [0.15, 0.2) is 0 Å². The monoisotopic (exact) mass is 373 g/mol. The summed E-state index contributed by atoms with van der Waals surface area (Å²) in [4.78, 5) is 14.3. The van der Waals surface area contributed by atoms with Crippen molar-refractivity contribution in [2.24, 2.45) is 0 Å². The van der Waals surface area contributed by atoms with E-state index in [1.807, 2.05) is 11.9 Å². The lowest BCUT2D eigenvalue weighted by Gasteiger charge is -2.43. The van der Waals surface area contributed by atoms with Gasteiger partial charge in [-0.2, -0.15) is 0 Å². The van der Waals surface area contributed by atoms with Crippen molar-refractivity contribution in [2.75, 3.05) is 13.7 Å². The summed E-state index contributed by atoms with van der Waals surface area (Å²) in [5.74, 6) is 0.690. The van der Waals surface area contributed by atoms with Gasteiger partial charge in [-0.05, 0) is 57.2 Å². The zero-order valence-corrected chi connectivity index (χ0v) is 15.7. The van der Waals surface area contributed by atoms with Crippen molar-refractivity contribution in [3.05, 3.63) is 28.2 Å². The molecule has 0 aliphatic heterocycles. The maximum Gasteiger partial charge on any atom is 0.222 e. The Bertz CT molecular complexity index is 571. The van der Waals surface area contributed by atoms with Gasteiger partial charge in [-0.3, -0.25) is 4.79 Å². The number of hydrogen-bond donors (Lipinski definition) is 1. The summed E-state index contributed by atoms with van der Waals surface area (Å²) in [6.45, 7) is 2.52. The molecule has 24 heavy (non-hydrogen) atoms. The minimum Gasteiger partial charge on any atom is -0.492 e. The van der Waals surface area contributed by atoms with Crippen molar-refractivity contribution < 1.29 is 14.6 Å². The van der Waals surface area contributed by atoms with E-state index in [0.717, 1.165) is 25.7 Å². The number of hydrogen-bond acceptors (Lipinski definition) is 3. The molecule has 1 fully saturated rings. The molecule has 0 spiro atoms. The van der Waals surface area contributed by atoms with Crippen LogP contribution in [-0.2, 0) is 4.79 Å². The largest absolute Gasteiger partial charge is 0.492 e. The Labute approximate surface area is 153 Å². The van der Waals surface area contributed by atoms with Crippen LogP contribution in [0.1, 0.15) is 45.4 Å². The van der Waals surface area contributed by atoms with Gasteiger partial charge in [0.05, 0.1) is 17.7 Å². The van der Waals surface area contributed by atoms with Crippen molar-refractivity contribution in [1.82, 2.24) is 4.90 Å². The first-order valence-corrected chi connectivity index (χ1v) is 9.10. The van der Waals surface area contributed by atoms with E-state index in [2.05, 4.69) is 6.92 Å². The van der Waals surface area contributed by atoms with Crippen LogP contribution in [0.25, 0.3) is 0 Å². The molecular weight excluding hydrogens is 349 g/mol. The Hall–Kier alpha value is -0.970. The number of carbonyl (C=O) groups is 1. The average Bonchev–Trinajstić information content (AvgIpc) is 2.55. The summed E-state index contributed by atoms with van der Waals surface area (Å²) < 4.78 is 5.61. The van der Waals surface area contributed by atoms with Crippen LogP contribution in [0.3, 0.4) is 0 Å². The molecule has 1 saturated carbocycles. The molecule has 0 bridgehead atoms. The summed E-state index contributed by atoms with van der Waals surface area (Å²) in [6.07, 6.45) is 4.03. The normalized spacial score (nSPS) is 23.8. The average molecular weight is 374 g/mol. The number of amides is 1. The number of carbonyl (C=O) groups excluding carboxylic acids is 1. The van der Waals surface area contributed by atoms with E-state index in [-0.39, 0.29) is 17.6 Å². The molecular formula is C18H25Cl2NO3. The SMILES string of the molecule is CN(C(=O)CCCOc1ccc(Cl)cc1Cl)C1(C)CCC(O)CC1. The summed E-state index contributed by atoms with van der Waals surface area (Å²) in [5, 5.41) is 10.7. The highest BCUT2D eigenvalue weighted by Crippen LogP contribution is 2.33. The van der Waals surface area contributed by atoms with E-state index >= 15 is 0 Å². The van der Waals surface area contributed by atoms with Crippen LogP contribution in [0.2, 0.25) is 10.0 Å². The molecule has 2 rings (SSSR count). The first-order chi connectivity index (χ1) is 11.3. The number of halogens is 2. The van der Waals surface area contributed by atoms with Gasteiger partial charge in [0.2, 0.25) is 5.91 Å². The van der Waals surface area contributed by atoms with E-state index in [0.29, 0.717) is 35.2 Å². The van der Waals surface area contributed by atoms with Crippen LogP contribution in [-0.4, -0.2) is 41.2 Å². The lowest BCUT2D eigenvalue weighted by molar-refractivity contribution is -0.137. The molecule has 6 heteroatoms. The van der Waals surface area contributed by atoms with E-state index in [9.17, 15) is 9.90 Å². The molecule has 134 valence electrons. The first kappa shape index (κ1) is 19.4. The van der Waals surface area contributed by atoms with Crippen molar-refractivity contribution in [2.45, 2.75) is 57.1 Å². The van der Waals surface area contributed by atoms with Crippen molar-refractivity contribution in [1.29, 1.82) is 0 Å². The van der Waals surface area contributed by atoms with Gasteiger partial charge in [-0.15, -0.1) is 0 Å². The molecule has 1 amide bonds. The predicted octanol–water partition coefficient (Wildman–Crippen LogP) is 4.30. The summed E-state index contributed by atoms with van der Waals surface area (Å²) >= 11 is 11.9. The van der Waals surface area contributed by atoms with E-state index in [1.165, 1.54) is 0 Å². The standard InChI is InChI=1S/C18H25Cl2NO3/c1-18(9-7-14(22)8-10-18)21(2)17(23)4-3-11-24-16-6-5-13(19)12-15(16)20/h5-6,12,14,22H,3-4,7-11H2,1-2H3. The van der Waals surface area contributed by atoms with Gasteiger partial charge in [0, 0.05) is 24.0 Å². The van der Waals surface area contributed by atoms with E-state index in [1.54, 1.807) is 18.2 Å². The highest BCUT2D eigenvalue weighted by Gasteiger charge is 2.35. The minimum absolute atomic E-state index is 0.111. The van der Waals surface area contributed by atoms with Gasteiger partial charge >= 0.3 is 0 Å². The molecule has 0 heterocycles. The second-order valence-corrected chi connectivity index (χ2v) is 7.55. The van der Waals surface area contributed by atoms with Crippen molar-refractivity contribution in [3.63, 3.8) is 0 Å². The van der Waals surface area contributed by atoms with Crippen LogP contribution < -0.4 is 4.74 Å². The summed E-state index contributed by atoms with van der Waals surface area (Å²) in [7, 11) is 1.86. The molecule has 0 saturated heterocycles. The second-order valence-electron chi connectivity index (χ2n) is 6.71. The third-order valence-corrected chi connectivity index (χ3v) is 5.43. The second kappa shape index (κ2) is 8.41. The zero-order chi connectivity index (χ0) is 17.7. The van der Waals surface area contributed by atoms with Crippen molar-refractivity contribution in [3.8, 4) is 5.75 Å². The van der Waals surface area contributed by atoms with Gasteiger partial charge in [0.1, 0.15) is 5.75 Å². The number of ether oxygens (including phenoxy) is 1. The first-order valence-electron chi connectivity index (χ1n) is 8.34. The topological polar surface area (TPSA) is 49.8 Å². The van der Waals surface area contributed by atoms with Crippen LogP contribution >= 0.6 is 23.2 Å². The van der Waals surface area contributed by atoms with Gasteiger partial charge in [-0.1, -0.05) is 23.2 Å². The number of benzene rings is 1. The van der Waals surface area contributed by atoms with Gasteiger partial charge < -0.3 is 14.7 Å². The smallest absolute Gasteiger partial charge is 0.222 e. The molecule has 0 radical (unpaired) electrons. The molecule has 1 aromatic rings. The minimum atomic E-state index is -0.223. The fourth-order valence-electron chi connectivity index (χ4n) is 3.03. The van der Waals surface area contributed by atoms with Crippen LogP contribution in [0.4, 0.5) is 0 Å². The number of rotatable bonds is 6. The molecule has 1 aliphatic rings. The molecule has 1 aliphatic carbocycles.